The van der Waals surface area contributed by atoms with E-state index in [-0.39, 0.29) is 30.4 Å². The van der Waals surface area contributed by atoms with Crippen molar-refractivity contribution < 1.29 is 14.4 Å². The zero-order valence-corrected chi connectivity index (χ0v) is 14.5. The van der Waals surface area contributed by atoms with Gasteiger partial charge in [0.05, 0.1) is 4.88 Å². The number of aryl methyl sites for hydroxylation is 1. The Hall–Kier alpha value is -2.47. The number of Topliss-reactive ketones (excluding diaryl/α,β-unsaturated/α-hetero) is 1. The third kappa shape index (κ3) is 5.03. The van der Waals surface area contributed by atoms with Crippen LogP contribution in [0.1, 0.15) is 43.3 Å². The Morgan fingerprint density at radius 3 is 2.54 bits per heavy atom. The number of carbonyl (C=O) groups is 3. The highest BCUT2D eigenvalue weighted by Gasteiger charge is 2.11. The first-order chi connectivity index (χ1) is 11.5. The van der Waals surface area contributed by atoms with E-state index in [1.165, 1.54) is 11.3 Å². The second-order valence-electron chi connectivity index (χ2n) is 5.39. The van der Waals surface area contributed by atoms with Crippen molar-refractivity contribution in [3.8, 4) is 0 Å². The molecule has 0 atom stereocenters. The van der Waals surface area contributed by atoms with Crippen molar-refractivity contribution in [2.24, 2.45) is 0 Å². The van der Waals surface area contributed by atoms with E-state index in [2.05, 4.69) is 10.6 Å². The fourth-order valence-corrected chi connectivity index (χ4v) is 3.03. The van der Waals surface area contributed by atoms with Crippen molar-refractivity contribution in [3.63, 3.8) is 0 Å². The molecule has 0 saturated carbocycles. The Kier molecular flexibility index (Phi) is 6.26. The molecule has 2 N–H and O–H groups in total. The first-order valence-corrected chi connectivity index (χ1v) is 8.48. The average molecular weight is 344 g/mol. The quantitative estimate of drug-likeness (QED) is 0.758. The second kappa shape index (κ2) is 8.40. The zero-order valence-electron chi connectivity index (χ0n) is 13.7. The molecular weight excluding hydrogens is 324 g/mol. The molecule has 1 heterocycles. The van der Waals surface area contributed by atoms with Crippen molar-refractivity contribution in [2.45, 2.75) is 26.3 Å². The monoisotopic (exact) mass is 344 g/mol. The first kappa shape index (κ1) is 17.9. The molecule has 0 saturated heterocycles. The molecule has 2 amide bonds. The molecule has 2 rings (SSSR count). The van der Waals surface area contributed by atoms with E-state index in [1.807, 2.05) is 19.1 Å². The van der Waals surface area contributed by atoms with Gasteiger partial charge in [-0.2, -0.15) is 0 Å². The summed E-state index contributed by atoms with van der Waals surface area (Å²) in [5.74, 6) is -0.355. The summed E-state index contributed by atoms with van der Waals surface area (Å²) in [5, 5.41) is 5.34. The lowest BCUT2D eigenvalue weighted by Crippen LogP contribution is -2.23. The predicted octanol–water partition coefficient (Wildman–Crippen LogP) is 2.70. The molecule has 1 aromatic heterocycles. The van der Waals surface area contributed by atoms with Gasteiger partial charge in [-0.15, -0.1) is 11.3 Å². The van der Waals surface area contributed by atoms with Crippen molar-refractivity contribution in [2.75, 3.05) is 7.05 Å². The summed E-state index contributed by atoms with van der Waals surface area (Å²) in [7, 11) is 1.57. The molecule has 24 heavy (non-hydrogen) atoms. The summed E-state index contributed by atoms with van der Waals surface area (Å²) in [4.78, 5) is 37.2. The van der Waals surface area contributed by atoms with Crippen molar-refractivity contribution in [1.82, 2.24) is 10.6 Å². The van der Waals surface area contributed by atoms with E-state index < -0.39 is 0 Å². The highest BCUT2D eigenvalue weighted by atomic mass is 32.1. The lowest BCUT2D eigenvalue weighted by atomic mass is 10.1. The molecule has 5 nitrogen and oxygen atoms in total. The second-order valence-corrected chi connectivity index (χ2v) is 6.68. The molecule has 0 spiro atoms. The normalized spacial score (nSPS) is 10.2. The number of nitrogens with one attached hydrogen (secondary N) is 2. The zero-order chi connectivity index (χ0) is 17.5. The van der Waals surface area contributed by atoms with Gasteiger partial charge >= 0.3 is 0 Å². The van der Waals surface area contributed by atoms with Crippen molar-refractivity contribution in [3.05, 3.63) is 57.3 Å². The van der Waals surface area contributed by atoms with Crippen LogP contribution in [0.25, 0.3) is 0 Å². The van der Waals surface area contributed by atoms with Gasteiger partial charge in [0.15, 0.2) is 5.78 Å². The largest absolute Gasteiger partial charge is 0.355 e. The van der Waals surface area contributed by atoms with Gasteiger partial charge in [-0.3, -0.25) is 14.4 Å². The first-order valence-electron chi connectivity index (χ1n) is 7.67. The van der Waals surface area contributed by atoms with Crippen LogP contribution in [-0.2, 0) is 11.3 Å². The van der Waals surface area contributed by atoms with Gasteiger partial charge in [0, 0.05) is 36.9 Å². The van der Waals surface area contributed by atoms with Crippen LogP contribution >= 0.6 is 11.3 Å². The van der Waals surface area contributed by atoms with E-state index in [0.717, 1.165) is 10.4 Å². The standard InChI is InChI=1S/C18H20N2O3S/c1-12-6-8-16(24-12)15(21)7-9-17(22)20-11-13-4-3-5-14(10-13)18(23)19-2/h3-6,8,10H,7,9,11H2,1-2H3,(H,19,23)(H,20,22). The van der Waals surface area contributed by atoms with E-state index in [9.17, 15) is 14.4 Å². The molecule has 0 bridgehead atoms. The number of ketones is 1. The van der Waals surface area contributed by atoms with Crippen molar-refractivity contribution in [1.29, 1.82) is 0 Å². The highest BCUT2D eigenvalue weighted by molar-refractivity contribution is 7.14. The van der Waals surface area contributed by atoms with Crippen LogP contribution in [0.15, 0.2) is 36.4 Å². The fraction of sp³-hybridized carbons (Fsp3) is 0.278. The lowest BCUT2D eigenvalue weighted by Gasteiger charge is -2.07. The summed E-state index contributed by atoms with van der Waals surface area (Å²) in [6.07, 6.45) is 0.356. The van der Waals surface area contributed by atoms with Crippen LogP contribution in [0.3, 0.4) is 0 Å². The Bertz CT molecular complexity index is 752. The molecule has 1 aromatic carbocycles. The lowest BCUT2D eigenvalue weighted by molar-refractivity contribution is -0.121. The van der Waals surface area contributed by atoms with Crippen LogP contribution in [0.4, 0.5) is 0 Å². The Morgan fingerprint density at radius 2 is 1.88 bits per heavy atom. The van der Waals surface area contributed by atoms with Gasteiger partial charge in [0.2, 0.25) is 5.91 Å². The molecule has 0 aliphatic rings. The number of hydrogen-bond donors (Lipinski definition) is 2. The molecule has 0 radical (unpaired) electrons. The molecule has 126 valence electrons. The number of amides is 2. The smallest absolute Gasteiger partial charge is 0.251 e. The molecule has 0 aliphatic heterocycles. The summed E-state index contributed by atoms with van der Waals surface area (Å²) < 4.78 is 0. The number of rotatable bonds is 7. The highest BCUT2D eigenvalue weighted by Crippen LogP contribution is 2.17. The minimum Gasteiger partial charge on any atom is -0.355 e. The molecule has 0 aliphatic carbocycles. The molecule has 6 heteroatoms. The summed E-state index contributed by atoms with van der Waals surface area (Å²) in [6, 6.07) is 10.8. The molecular formula is C18H20N2O3S. The van der Waals surface area contributed by atoms with Gasteiger partial charge < -0.3 is 10.6 Å². The van der Waals surface area contributed by atoms with Crippen LogP contribution < -0.4 is 10.6 Å². The minimum absolute atomic E-state index is 0.00938. The number of hydrogen-bond acceptors (Lipinski definition) is 4. The number of carbonyl (C=O) groups excluding carboxylic acids is 3. The number of benzene rings is 1. The van der Waals surface area contributed by atoms with Gasteiger partial charge in [0.25, 0.3) is 5.91 Å². The van der Waals surface area contributed by atoms with Crippen LogP contribution in [0, 0.1) is 6.92 Å². The third-order valence-corrected chi connectivity index (χ3v) is 4.54. The molecule has 0 fully saturated rings. The predicted molar refractivity (Wildman–Crippen MR) is 94.3 cm³/mol. The molecule has 0 unspecified atom stereocenters. The fourth-order valence-electron chi connectivity index (χ4n) is 2.19. The summed E-state index contributed by atoms with van der Waals surface area (Å²) in [5.41, 5.74) is 1.39. The maximum Gasteiger partial charge on any atom is 0.251 e. The Balaban J connectivity index is 1.81. The van der Waals surface area contributed by atoms with Crippen LogP contribution in [0.5, 0.6) is 0 Å². The summed E-state index contributed by atoms with van der Waals surface area (Å²) >= 11 is 1.45. The SMILES string of the molecule is CNC(=O)c1cccc(CNC(=O)CCC(=O)c2ccc(C)s2)c1. The molecule has 2 aromatic rings. The van der Waals surface area contributed by atoms with Crippen LogP contribution in [0.2, 0.25) is 0 Å². The third-order valence-electron chi connectivity index (χ3n) is 3.50. The van der Waals surface area contributed by atoms with Crippen LogP contribution in [-0.4, -0.2) is 24.6 Å². The topological polar surface area (TPSA) is 75.3 Å². The maximum atomic E-state index is 12.0. The van der Waals surface area contributed by atoms with Gasteiger partial charge in [0.1, 0.15) is 0 Å². The Morgan fingerprint density at radius 1 is 1.08 bits per heavy atom. The Labute approximate surface area is 145 Å². The summed E-state index contributed by atoms with van der Waals surface area (Å²) in [6.45, 7) is 2.27. The van der Waals surface area contributed by atoms with E-state index >= 15 is 0 Å². The van der Waals surface area contributed by atoms with Gasteiger partial charge in [-0.1, -0.05) is 12.1 Å². The average Bonchev–Trinajstić information content (AvgIpc) is 3.03. The number of thiophene rings is 1. The maximum absolute atomic E-state index is 12.0. The van der Waals surface area contributed by atoms with E-state index in [1.54, 1.807) is 31.3 Å². The van der Waals surface area contributed by atoms with Gasteiger partial charge in [-0.05, 0) is 36.8 Å². The minimum atomic E-state index is -0.179. The van der Waals surface area contributed by atoms with Gasteiger partial charge in [-0.25, -0.2) is 0 Å². The van der Waals surface area contributed by atoms with E-state index in [0.29, 0.717) is 17.0 Å². The van der Waals surface area contributed by atoms with Crippen molar-refractivity contribution >= 4 is 28.9 Å². The van der Waals surface area contributed by atoms with E-state index in [4.69, 9.17) is 0 Å².